The molecule has 1 aromatic carbocycles. The number of rotatable bonds is 6. The summed E-state index contributed by atoms with van der Waals surface area (Å²) >= 11 is 0. The van der Waals surface area contributed by atoms with Gasteiger partial charge in [-0.2, -0.15) is 0 Å². The number of nitrogens with zero attached hydrogens (tertiary/aromatic N) is 1. The highest BCUT2D eigenvalue weighted by Crippen LogP contribution is 2.30. The van der Waals surface area contributed by atoms with E-state index in [-0.39, 0.29) is 17.7 Å². The molecule has 2 aliphatic rings. The highest BCUT2D eigenvalue weighted by atomic mass is 16.5. The van der Waals surface area contributed by atoms with Gasteiger partial charge in [-0.3, -0.25) is 9.59 Å². The summed E-state index contributed by atoms with van der Waals surface area (Å²) < 4.78 is 10.7. The first-order chi connectivity index (χ1) is 13.7. The molecule has 2 aromatic rings. The normalized spacial score (nSPS) is 17.1. The third-order valence-corrected chi connectivity index (χ3v) is 5.34. The standard InChI is InChI=1S/C21H25N3O4/c25-20(15-3-1-4-15)23-16-6-7-18(19(13-16)24-8-11-27-12-9-24)21(26)22-14-17-5-2-10-28-17/h2,5-7,10,13,15H,1,3-4,8-9,11-12,14H2,(H,22,26)(H,23,25). The fourth-order valence-corrected chi connectivity index (χ4v) is 3.46. The van der Waals surface area contributed by atoms with Crippen molar-refractivity contribution in [2.45, 2.75) is 25.8 Å². The van der Waals surface area contributed by atoms with Crippen LogP contribution in [0.4, 0.5) is 11.4 Å². The molecule has 4 rings (SSSR count). The number of amides is 2. The number of nitrogens with one attached hydrogen (secondary N) is 2. The summed E-state index contributed by atoms with van der Waals surface area (Å²) in [4.78, 5) is 27.2. The van der Waals surface area contributed by atoms with E-state index in [0.717, 1.165) is 30.6 Å². The number of carbonyl (C=O) groups is 2. The molecule has 0 bridgehead atoms. The van der Waals surface area contributed by atoms with Crippen LogP contribution in [0.2, 0.25) is 0 Å². The number of hydrogen-bond acceptors (Lipinski definition) is 5. The lowest BCUT2D eigenvalue weighted by Crippen LogP contribution is -2.38. The Morgan fingerprint density at radius 1 is 1.14 bits per heavy atom. The van der Waals surface area contributed by atoms with Crippen molar-refractivity contribution < 1.29 is 18.7 Å². The maximum Gasteiger partial charge on any atom is 0.253 e. The average molecular weight is 383 g/mol. The van der Waals surface area contributed by atoms with Crippen LogP contribution in [-0.4, -0.2) is 38.1 Å². The van der Waals surface area contributed by atoms with E-state index in [1.807, 2.05) is 12.1 Å². The Labute approximate surface area is 164 Å². The molecule has 1 aromatic heterocycles. The Bertz CT molecular complexity index is 824. The SMILES string of the molecule is O=C(NCc1ccco1)c1ccc(NC(=O)C2CCC2)cc1N1CCOCC1. The third kappa shape index (κ3) is 4.20. The molecular formula is C21H25N3O4. The molecule has 0 atom stereocenters. The highest BCUT2D eigenvalue weighted by Gasteiger charge is 2.26. The van der Waals surface area contributed by atoms with Crippen molar-refractivity contribution in [3.8, 4) is 0 Å². The lowest BCUT2D eigenvalue weighted by atomic mass is 9.85. The predicted molar refractivity (Wildman–Crippen MR) is 105 cm³/mol. The molecule has 1 aliphatic carbocycles. The smallest absolute Gasteiger partial charge is 0.253 e. The van der Waals surface area contributed by atoms with E-state index in [1.165, 1.54) is 0 Å². The van der Waals surface area contributed by atoms with Gasteiger partial charge in [0.1, 0.15) is 5.76 Å². The van der Waals surface area contributed by atoms with Gasteiger partial charge < -0.3 is 24.7 Å². The minimum Gasteiger partial charge on any atom is -0.467 e. The van der Waals surface area contributed by atoms with E-state index in [9.17, 15) is 9.59 Å². The topological polar surface area (TPSA) is 83.8 Å². The second-order valence-electron chi connectivity index (χ2n) is 7.21. The number of anilines is 2. The van der Waals surface area contributed by atoms with E-state index in [0.29, 0.717) is 44.2 Å². The number of furan rings is 1. The molecule has 2 N–H and O–H groups in total. The van der Waals surface area contributed by atoms with Gasteiger partial charge in [-0.05, 0) is 43.2 Å². The highest BCUT2D eigenvalue weighted by molar-refractivity contribution is 6.01. The molecule has 0 radical (unpaired) electrons. The lowest BCUT2D eigenvalue weighted by molar-refractivity contribution is -0.122. The van der Waals surface area contributed by atoms with Crippen LogP contribution < -0.4 is 15.5 Å². The Morgan fingerprint density at radius 3 is 2.64 bits per heavy atom. The number of morpholine rings is 1. The molecule has 0 unspecified atom stereocenters. The number of hydrogen-bond donors (Lipinski definition) is 2. The Hall–Kier alpha value is -2.80. The van der Waals surface area contributed by atoms with E-state index in [1.54, 1.807) is 24.5 Å². The van der Waals surface area contributed by atoms with Gasteiger partial charge in [-0.25, -0.2) is 0 Å². The summed E-state index contributed by atoms with van der Waals surface area (Å²) in [5.74, 6) is 0.706. The molecule has 1 aliphatic heterocycles. The molecule has 0 spiro atoms. The molecule has 2 amide bonds. The molecule has 2 fully saturated rings. The van der Waals surface area contributed by atoms with E-state index in [4.69, 9.17) is 9.15 Å². The first-order valence-electron chi connectivity index (χ1n) is 9.79. The largest absolute Gasteiger partial charge is 0.467 e. The van der Waals surface area contributed by atoms with Crippen molar-refractivity contribution in [2.24, 2.45) is 5.92 Å². The fraction of sp³-hybridized carbons (Fsp3) is 0.429. The first kappa shape index (κ1) is 18.6. The van der Waals surface area contributed by atoms with Gasteiger partial charge >= 0.3 is 0 Å². The summed E-state index contributed by atoms with van der Waals surface area (Å²) in [6.07, 6.45) is 4.61. The van der Waals surface area contributed by atoms with Gasteiger partial charge in [0, 0.05) is 24.7 Å². The molecule has 148 valence electrons. The van der Waals surface area contributed by atoms with Crippen molar-refractivity contribution in [3.05, 3.63) is 47.9 Å². The maximum atomic E-state index is 12.8. The van der Waals surface area contributed by atoms with Gasteiger partial charge in [-0.15, -0.1) is 0 Å². The zero-order valence-corrected chi connectivity index (χ0v) is 15.8. The summed E-state index contributed by atoms with van der Waals surface area (Å²) in [7, 11) is 0. The Balaban J connectivity index is 1.53. The van der Waals surface area contributed by atoms with E-state index in [2.05, 4.69) is 15.5 Å². The van der Waals surface area contributed by atoms with E-state index < -0.39 is 0 Å². The number of carbonyl (C=O) groups excluding carboxylic acids is 2. The van der Waals surface area contributed by atoms with Crippen LogP contribution in [0.1, 0.15) is 35.4 Å². The van der Waals surface area contributed by atoms with Crippen molar-refractivity contribution in [3.63, 3.8) is 0 Å². The van der Waals surface area contributed by atoms with Crippen molar-refractivity contribution in [1.29, 1.82) is 0 Å². The summed E-state index contributed by atoms with van der Waals surface area (Å²) in [5, 5.41) is 5.90. The second-order valence-corrected chi connectivity index (χ2v) is 7.21. The Morgan fingerprint density at radius 2 is 1.96 bits per heavy atom. The van der Waals surface area contributed by atoms with Gasteiger partial charge in [0.15, 0.2) is 0 Å². The van der Waals surface area contributed by atoms with Crippen molar-refractivity contribution >= 4 is 23.2 Å². The van der Waals surface area contributed by atoms with Crippen molar-refractivity contribution in [1.82, 2.24) is 5.32 Å². The molecule has 28 heavy (non-hydrogen) atoms. The zero-order valence-electron chi connectivity index (χ0n) is 15.8. The zero-order chi connectivity index (χ0) is 19.3. The van der Waals surface area contributed by atoms with Crippen LogP contribution in [0, 0.1) is 5.92 Å². The van der Waals surface area contributed by atoms with Gasteiger partial charge in [0.2, 0.25) is 5.91 Å². The van der Waals surface area contributed by atoms with Crippen LogP contribution in [0.5, 0.6) is 0 Å². The molecule has 7 heteroatoms. The first-order valence-corrected chi connectivity index (χ1v) is 9.79. The van der Waals surface area contributed by atoms with Crippen LogP contribution in [-0.2, 0) is 16.1 Å². The fourth-order valence-electron chi connectivity index (χ4n) is 3.46. The van der Waals surface area contributed by atoms with Gasteiger partial charge in [-0.1, -0.05) is 6.42 Å². The maximum absolute atomic E-state index is 12.8. The van der Waals surface area contributed by atoms with Crippen LogP contribution in [0.15, 0.2) is 41.0 Å². The van der Waals surface area contributed by atoms with Crippen molar-refractivity contribution in [2.75, 3.05) is 36.5 Å². The number of ether oxygens (including phenoxy) is 1. The van der Waals surface area contributed by atoms with Crippen LogP contribution in [0.25, 0.3) is 0 Å². The minimum atomic E-state index is -0.172. The summed E-state index contributed by atoms with van der Waals surface area (Å²) in [5.41, 5.74) is 2.11. The molecule has 2 heterocycles. The second kappa shape index (κ2) is 8.48. The quantitative estimate of drug-likeness (QED) is 0.801. The minimum absolute atomic E-state index is 0.0641. The predicted octanol–water partition coefficient (Wildman–Crippen LogP) is 2.78. The molecule has 7 nitrogen and oxygen atoms in total. The molecular weight excluding hydrogens is 358 g/mol. The van der Waals surface area contributed by atoms with Crippen LogP contribution >= 0.6 is 0 Å². The average Bonchev–Trinajstić information content (AvgIpc) is 3.19. The Kier molecular flexibility index (Phi) is 5.62. The van der Waals surface area contributed by atoms with E-state index >= 15 is 0 Å². The van der Waals surface area contributed by atoms with Gasteiger partial charge in [0.05, 0.1) is 37.3 Å². The van der Waals surface area contributed by atoms with Gasteiger partial charge in [0.25, 0.3) is 5.91 Å². The summed E-state index contributed by atoms with van der Waals surface area (Å²) in [6, 6.07) is 9.08. The summed E-state index contributed by atoms with van der Waals surface area (Å²) in [6.45, 7) is 2.98. The third-order valence-electron chi connectivity index (χ3n) is 5.34. The molecule has 1 saturated carbocycles. The monoisotopic (exact) mass is 383 g/mol. The number of benzene rings is 1. The molecule has 1 saturated heterocycles. The van der Waals surface area contributed by atoms with Crippen LogP contribution in [0.3, 0.4) is 0 Å². The lowest BCUT2D eigenvalue weighted by Gasteiger charge is -2.31.